The van der Waals surface area contributed by atoms with E-state index in [2.05, 4.69) is 20.4 Å². The highest BCUT2D eigenvalue weighted by molar-refractivity contribution is 7.99. The molecule has 3 atom stereocenters. The molecule has 1 aliphatic rings. The predicted octanol–water partition coefficient (Wildman–Crippen LogP) is 4.72. The van der Waals surface area contributed by atoms with Crippen molar-refractivity contribution in [2.75, 3.05) is 18.1 Å². The third kappa shape index (κ3) is 4.56. The van der Waals surface area contributed by atoms with E-state index in [-0.39, 0.29) is 18.0 Å². The van der Waals surface area contributed by atoms with E-state index >= 15 is 0 Å². The Kier molecular flexibility index (Phi) is 7.66. The molecule has 1 aromatic rings. The summed E-state index contributed by atoms with van der Waals surface area (Å²) in [7, 11) is 0. The Bertz CT molecular complexity index is 549. The van der Waals surface area contributed by atoms with Crippen LogP contribution in [0.3, 0.4) is 0 Å². The molecule has 1 fully saturated rings. The maximum Gasteiger partial charge on any atom is 0.252 e. The summed E-state index contributed by atoms with van der Waals surface area (Å²) in [6.45, 7) is 8.55. The zero-order valence-corrected chi connectivity index (χ0v) is 16.0. The van der Waals surface area contributed by atoms with Gasteiger partial charge in [0.2, 0.25) is 0 Å². The van der Waals surface area contributed by atoms with Gasteiger partial charge < -0.3 is 9.64 Å². The first-order chi connectivity index (χ1) is 11.6. The third-order valence-electron chi connectivity index (χ3n) is 4.34. The summed E-state index contributed by atoms with van der Waals surface area (Å²) in [6, 6.07) is 7.88. The molecule has 1 unspecified atom stereocenters. The van der Waals surface area contributed by atoms with Crippen molar-refractivity contribution >= 4 is 29.3 Å². The first kappa shape index (κ1) is 19.4. The quantitative estimate of drug-likeness (QED) is 0.623. The van der Waals surface area contributed by atoms with E-state index in [4.69, 9.17) is 16.3 Å². The van der Waals surface area contributed by atoms with Gasteiger partial charge in [-0.15, -0.1) is 6.58 Å². The SMILES string of the molecule is C=CCC1OC[C@@H](c2ccc(Cl)cc2)N([C@@H](CC)CSCC)C1=O. The smallest absolute Gasteiger partial charge is 0.252 e. The van der Waals surface area contributed by atoms with Crippen molar-refractivity contribution in [1.82, 2.24) is 4.90 Å². The summed E-state index contributed by atoms with van der Waals surface area (Å²) in [4.78, 5) is 15.1. The molecule has 0 bridgehead atoms. The van der Waals surface area contributed by atoms with Crippen LogP contribution in [0.5, 0.6) is 0 Å². The average Bonchev–Trinajstić information content (AvgIpc) is 2.59. The molecule has 0 radical (unpaired) electrons. The maximum atomic E-state index is 13.0. The van der Waals surface area contributed by atoms with E-state index in [1.807, 2.05) is 40.9 Å². The highest BCUT2D eigenvalue weighted by Gasteiger charge is 2.39. The fraction of sp³-hybridized carbons (Fsp3) is 0.526. The number of thioether (sulfide) groups is 1. The standard InChI is InChI=1S/C19H26ClNO2S/c1-4-7-18-19(22)21(16(5-2)13-24-6-3)17(12-23-18)14-8-10-15(20)11-9-14/h4,8-11,16-18H,1,5-7,12-13H2,2-3H3/t16-,17-,18?/m0/s1. The Morgan fingerprint density at radius 3 is 2.71 bits per heavy atom. The molecular formula is C19H26ClNO2S. The summed E-state index contributed by atoms with van der Waals surface area (Å²) in [5, 5.41) is 0.700. The second kappa shape index (κ2) is 9.50. The zero-order valence-electron chi connectivity index (χ0n) is 14.4. The van der Waals surface area contributed by atoms with Crippen LogP contribution in [0, 0.1) is 0 Å². The summed E-state index contributed by atoms with van der Waals surface area (Å²) in [6.07, 6.45) is 2.83. The second-order valence-corrected chi connectivity index (χ2v) is 7.64. The van der Waals surface area contributed by atoms with Crippen LogP contribution in [-0.4, -0.2) is 41.1 Å². The van der Waals surface area contributed by atoms with Gasteiger partial charge in [0.15, 0.2) is 0 Å². The first-order valence-electron chi connectivity index (χ1n) is 8.50. The van der Waals surface area contributed by atoms with E-state index < -0.39 is 6.10 Å². The highest BCUT2D eigenvalue weighted by Crippen LogP contribution is 2.32. The number of amides is 1. The molecule has 132 valence electrons. The average molecular weight is 368 g/mol. The maximum absolute atomic E-state index is 13.0. The zero-order chi connectivity index (χ0) is 17.5. The molecule has 0 aliphatic carbocycles. The van der Waals surface area contributed by atoms with Crippen molar-refractivity contribution in [2.45, 2.75) is 44.9 Å². The van der Waals surface area contributed by atoms with Gasteiger partial charge in [-0.2, -0.15) is 11.8 Å². The number of hydrogen-bond acceptors (Lipinski definition) is 3. The normalized spacial score (nSPS) is 22.5. The fourth-order valence-corrected chi connectivity index (χ4v) is 4.05. The van der Waals surface area contributed by atoms with Crippen molar-refractivity contribution in [2.24, 2.45) is 0 Å². The Labute approximate surface area is 154 Å². The molecule has 0 N–H and O–H groups in total. The number of morpholine rings is 1. The third-order valence-corrected chi connectivity index (χ3v) is 5.62. The van der Waals surface area contributed by atoms with Crippen LogP contribution in [0.25, 0.3) is 0 Å². The van der Waals surface area contributed by atoms with Crippen LogP contribution < -0.4 is 0 Å². The van der Waals surface area contributed by atoms with Crippen molar-refractivity contribution in [3.8, 4) is 0 Å². The Hall–Kier alpha value is -0.970. The van der Waals surface area contributed by atoms with Crippen molar-refractivity contribution in [1.29, 1.82) is 0 Å². The first-order valence-corrected chi connectivity index (χ1v) is 10.0. The van der Waals surface area contributed by atoms with E-state index in [9.17, 15) is 4.79 Å². The molecule has 0 aromatic heterocycles. The van der Waals surface area contributed by atoms with Crippen LogP contribution in [0.4, 0.5) is 0 Å². The number of benzene rings is 1. The molecule has 1 saturated heterocycles. The lowest BCUT2D eigenvalue weighted by atomic mass is 9.99. The summed E-state index contributed by atoms with van der Waals surface area (Å²) in [5.41, 5.74) is 1.07. The molecular weight excluding hydrogens is 342 g/mol. The molecule has 0 saturated carbocycles. The van der Waals surface area contributed by atoms with Crippen molar-refractivity contribution < 1.29 is 9.53 Å². The van der Waals surface area contributed by atoms with Gasteiger partial charge in [0.1, 0.15) is 6.10 Å². The Morgan fingerprint density at radius 1 is 1.42 bits per heavy atom. The highest BCUT2D eigenvalue weighted by atomic mass is 35.5. The predicted molar refractivity (Wildman–Crippen MR) is 103 cm³/mol. The van der Waals surface area contributed by atoms with Gasteiger partial charge in [0.25, 0.3) is 5.91 Å². The van der Waals surface area contributed by atoms with Gasteiger partial charge in [-0.3, -0.25) is 4.79 Å². The number of halogens is 1. The van der Waals surface area contributed by atoms with Crippen LogP contribution in [0.1, 0.15) is 38.3 Å². The van der Waals surface area contributed by atoms with Gasteiger partial charge in [0.05, 0.1) is 12.6 Å². The minimum Gasteiger partial charge on any atom is -0.366 e. The molecule has 2 rings (SSSR count). The number of ether oxygens (including phenoxy) is 1. The lowest BCUT2D eigenvalue weighted by molar-refractivity contribution is -0.163. The van der Waals surface area contributed by atoms with E-state index in [0.717, 1.165) is 23.5 Å². The molecule has 3 nitrogen and oxygen atoms in total. The van der Waals surface area contributed by atoms with Gasteiger partial charge in [0, 0.05) is 23.2 Å². The Balaban J connectivity index is 2.30. The lowest BCUT2D eigenvalue weighted by Gasteiger charge is -2.43. The minimum absolute atomic E-state index is 0.0572. The lowest BCUT2D eigenvalue weighted by Crippen LogP contribution is -2.54. The molecule has 5 heteroatoms. The molecule has 1 aliphatic heterocycles. The molecule has 1 aromatic carbocycles. The Morgan fingerprint density at radius 2 is 2.12 bits per heavy atom. The molecule has 0 spiro atoms. The van der Waals surface area contributed by atoms with Crippen molar-refractivity contribution in [3.05, 3.63) is 47.5 Å². The van der Waals surface area contributed by atoms with Gasteiger partial charge >= 0.3 is 0 Å². The van der Waals surface area contributed by atoms with E-state index in [0.29, 0.717) is 18.1 Å². The second-order valence-electron chi connectivity index (χ2n) is 5.88. The number of carbonyl (C=O) groups excluding carboxylic acids is 1. The number of carbonyl (C=O) groups is 1. The molecule has 24 heavy (non-hydrogen) atoms. The topological polar surface area (TPSA) is 29.5 Å². The molecule has 1 amide bonds. The number of hydrogen-bond donors (Lipinski definition) is 0. The molecule has 1 heterocycles. The summed E-state index contributed by atoms with van der Waals surface area (Å²) >= 11 is 7.89. The van der Waals surface area contributed by atoms with Crippen LogP contribution >= 0.6 is 23.4 Å². The number of nitrogens with zero attached hydrogens (tertiary/aromatic N) is 1. The van der Waals surface area contributed by atoms with Gasteiger partial charge in [-0.05, 0) is 29.9 Å². The van der Waals surface area contributed by atoms with Gasteiger partial charge in [-0.25, -0.2) is 0 Å². The largest absolute Gasteiger partial charge is 0.366 e. The van der Waals surface area contributed by atoms with Crippen LogP contribution in [0.15, 0.2) is 36.9 Å². The summed E-state index contributed by atoms with van der Waals surface area (Å²) in [5.74, 6) is 2.07. The van der Waals surface area contributed by atoms with E-state index in [1.165, 1.54) is 0 Å². The van der Waals surface area contributed by atoms with Gasteiger partial charge in [-0.1, -0.05) is 43.7 Å². The van der Waals surface area contributed by atoms with Crippen LogP contribution in [0.2, 0.25) is 5.02 Å². The minimum atomic E-state index is -0.410. The van der Waals surface area contributed by atoms with Crippen LogP contribution in [-0.2, 0) is 9.53 Å². The fourth-order valence-electron chi connectivity index (χ4n) is 3.02. The monoisotopic (exact) mass is 367 g/mol. The van der Waals surface area contributed by atoms with E-state index in [1.54, 1.807) is 6.08 Å². The summed E-state index contributed by atoms with van der Waals surface area (Å²) < 4.78 is 5.86. The van der Waals surface area contributed by atoms with Crippen molar-refractivity contribution in [3.63, 3.8) is 0 Å². The number of rotatable bonds is 8.